The average Bonchev–Trinajstić information content (AvgIpc) is 3.41. The summed E-state index contributed by atoms with van der Waals surface area (Å²) in [5.74, 6) is 1.32. The molecule has 1 aliphatic rings. The fourth-order valence-corrected chi connectivity index (χ4v) is 4.05. The van der Waals surface area contributed by atoms with Crippen LogP contribution in [0.4, 0.5) is 0 Å². The second-order valence-corrected chi connectivity index (χ2v) is 7.93. The van der Waals surface area contributed by atoms with Gasteiger partial charge >= 0.3 is 5.97 Å². The Bertz CT molecular complexity index is 1000. The Hall–Kier alpha value is -2.80. The van der Waals surface area contributed by atoms with E-state index in [0.29, 0.717) is 5.89 Å². The molecule has 0 aliphatic heterocycles. The molecular weight excluding hydrogens is 388 g/mol. The van der Waals surface area contributed by atoms with Gasteiger partial charge in [0.05, 0.1) is 12.9 Å². The van der Waals surface area contributed by atoms with Crippen LogP contribution in [0.5, 0.6) is 5.75 Å². The minimum absolute atomic E-state index is 0.239. The Morgan fingerprint density at radius 3 is 2.72 bits per heavy atom. The number of rotatable bonds is 7. The van der Waals surface area contributed by atoms with Crippen LogP contribution >= 0.6 is 11.8 Å². The fraction of sp³-hybridized carbons (Fsp3) is 0.318. The average molecular weight is 410 g/mol. The van der Waals surface area contributed by atoms with Crippen LogP contribution in [0.1, 0.15) is 36.5 Å². The maximum absolute atomic E-state index is 12.2. The third-order valence-electron chi connectivity index (χ3n) is 4.86. The summed E-state index contributed by atoms with van der Waals surface area (Å²) in [7, 11) is 1.61. The van der Waals surface area contributed by atoms with Crippen LogP contribution in [0.15, 0.2) is 51.8 Å². The van der Waals surface area contributed by atoms with Gasteiger partial charge in [-0.15, -0.1) is 22.0 Å². The van der Waals surface area contributed by atoms with Gasteiger partial charge in [-0.1, -0.05) is 6.07 Å². The zero-order valence-electron chi connectivity index (χ0n) is 16.4. The van der Waals surface area contributed by atoms with Gasteiger partial charge in [-0.3, -0.25) is 4.79 Å². The summed E-state index contributed by atoms with van der Waals surface area (Å²) in [5, 5.41) is 8.06. The van der Waals surface area contributed by atoms with Crippen molar-refractivity contribution in [3.63, 3.8) is 0 Å². The lowest BCUT2D eigenvalue weighted by Gasteiger charge is -2.09. The SMILES string of the molecule is COc1ccc(-c2nnc([C@H](C)OC(=O)CSc3ccc4c(c3)CCC4)o2)cc1. The molecule has 150 valence electrons. The highest BCUT2D eigenvalue weighted by Gasteiger charge is 2.19. The van der Waals surface area contributed by atoms with E-state index in [1.807, 2.05) is 24.3 Å². The number of aromatic nitrogens is 2. The molecular formula is C22H22N2O4S. The number of carbonyl (C=O) groups is 1. The summed E-state index contributed by atoms with van der Waals surface area (Å²) >= 11 is 1.48. The van der Waals surface area contributed by atoms with Gasteiger partial charge in [0.15, 0.2) is 6.10 Å². The Kier molecular flexibility index (Phi) is 5.85. The second-order valence-electron chi connectivity index (χ2n) is 6.88. The molecule has 1 aromatic heterocycles. The summed E-state index contributed by atoms with van der Waals surface area (Å²) in [6, 6.07) is 13.7. The molecule has 2 aromatic carbocycles. The number of hydrogen-bond acceptors (Lipinski definition) is 7. The summed E-state index contributed by atoms with van der Waals surface area (Å²) in [5.41, 5.74) is 3.60. The molecule has 7 heteroatoms. The molecule has 0 amide bonds. The third kappa shape index (κ3) is 4.62. The molecule has 3 aromatic rings. The number of carbonyl (C=O) groups excluding carboxylic acids is 1. The predicted octanol–water partition coefficient (Wildman–Crippen LogP) is 4.63. The molecule has 29 heavy (non-hydrogen) atoms. The molecule has 1 atom stereocenters. The van der Waals surface area contributed by atoms with Crippen molar-refractivity contribution in [1.29, 1.82) is 0 Å². The lowest BCUT2D eigenvalue weighted by atomic mass is 10.1. The van der Waals surface area contributed by atoms with Gasteiger partial charge in [0.2, 0.25) is 5.89 Å². The Labute approximate surface area is 173 Å². The van der Waals surface area contributed by atoms with Crippen LogP contribution in [0.2, 0.25) is 0 Å². The standard InChI is InChI=1S/C22H22N2O4S/c1-14(21-23-24-22(28-21)16-6-9-18(26-2)10-7-16)27-20(25)13-29-19-11-8-15-4-3-5-17(15)12-19/h6-12,14H,3-5,13H2,1-2H3/t14-/m0/s1. The zero-order valence-corrected chi connectivity index (χ0v) is 17.2. The third-order valence-corrected chi connectivity index (χ3v) is 5.83. The molecule has 0 radical (unpaired) electrons. The summed E-state index contributed by atoms with van der Waals surface area (Å²) in [6.45, 7) is 1.73. The first-order valence-corrected chi connectivity index (χ1v) is 10.5. The van der Waals surface area contributed by atoms with Gasteiger partial charge < -0.3 is 13.9 Å². The Balaban J connectivity index is 1.32. The van der Waals surface area contributed by atoms with Crippen molar-refractivity contribution < 1.29 is 18.7 Å². The van der Waals surface area contributed by atoms with E-state index in [9.17, 15) is 4.79 Å². The normalized spacial score (nSPS) is 13.7. The first kappa shape index (κ1) is 19.5. The molecule has 6 nitrogen and oxygen atoms in total. The van der Waals surface area contributed by atoms with Crippen molar-refractivity contribution in [1.82, 2.24) is 10.2 Å². The Morgan fingerprint density at radius 2 is 1.93 bits per heavy atom. The van der Waals surface area contributed by atoms with Gasteiger partial charge in [-0.25, -0.2) is 0 Å². The highest BCUT2D eigenvalue weighted by Crippen LogP contribution is 2.28. The monoisotopic (exact) mass is 410 g/mol. The maximum atomic E-state index is 12.2. The fourth-order valence-electron chi connectivity index (χ4n) is 3.31. The van der Waals surface area contributed by atoms with E-state index >= 15 is 0 Å². The molecule has 0 unspecified atom stereocenters. The molecule has 0 N–H and O–H groups in total. The number of aryl methyl sites for hydroxylation is 2. The van der Waals surface area contributed by atoms with E-state index in [2.05, 4.69) is 28.4 Å². The summed E-state index contributed by atoms with van der Waals surface area (Å²) in [6.07, 6.45) is 2.88. The zero-order chi connectivity index (χ0) is 20.2. The van der Waals surface area contributed by atoms with Crippen molar-refractivity contribution in [2.75, 3.05) is 12.9 Å². The van der Waals surface area contributed by atoms with Crippen LogP contribution in [0.25, 0.3) is 11.5 Å². The molecule has 0 fully saturated rings. The second kappa shape index (κ2) is 8.69. The molecule has 0 bridgehead atoms. The van der Waals surface area contributed by atoms with E-state index in [1.165, 1.54) is 29.3 Å². The number of methoxy groups -OCH3 is 1. The topological polar surface area (TPSA) is 74.5 Å². The van der Waals surface area contributed by atoms with Gasteiger partial charge in [-0.05, 0) is 73.7 Å². The van der Waals surface area contributed by atoms with E-state index in [0.717, 1.165) is 29.1 Å². The van der Waals surface area contributed by atoms with Crippen LogP contribution in [-0.2, 0) is 22.4 Å². The maximum Gasteiger partial charge on any atom is 0.317 e. The van der Waals surface area contributed by atoms with Gasteiger partial charge in [0.1, 0.15) is 5.75 Å². The Morgan fingerprint density at radius 1 is 1.14 bits per heavy atom. The highest BCUT2D eigenvalue weighted by molar-refractivity contribution is 8.00. The largest absolute Gasteiger partial charge is 0.497 e. The van der Waals surface area contributed by atoms with E-state index in [-0.39, 0.29) is 17.6 Å². The molecule has 0 saturated heterocycles. The lowest BCUT2D eigenvalue weighted by molar-refractivity contribution is -0.146. The van der Waals surface area contributed by atoms with Crippen LogP contribution in [-0.4, -0.2) is 29.0 Å². The molecule has 0 spiro atoms. The number of hydrogen-bond donors (Lipinski definition) is 0. The quantitative estimate of drug-likeness (QED) is 0.415. The number of ether oxygens (including phenoxy) is 2. The molecule has 4 rings (SSSR count). The van der Waals surface area contributed by atoms with Crippen molar-refractivity contribution >= 4 is 17.7 Å². The number of esters is 1. The smallest absolute Gasteiger partial charge is 0.317 e. The molecule has 1 heterocycles. The van der Waals surface area contributed by atoms with Crippen LogP contribution in [0, 0.1) is 0 Å². The first-order valence-electron chi connectivity index (χ1n) is 9.54. The van der Waals surface area contributed by atoms with E-state index < -0.39 is 6.10 Å². The minimum Gasteiger partial charge on any atom is -0.497 e. The van der Waals surface area contributed by atoms with Gasteiger partial charge in [0, 0.05) is 10.5 Å². The van der Waals surface area contributed by atoms with Crippen LogP contribution in [0.3, 0.4) is 0 Å². The first-order chi connectivity index (χ1) is 14.1. The number of nitrogens with zero attached hydrogens (tertiary/aromatic N) is 2. The van der Waals surface area contributed by atoms with Crippen molar-refractivity contribution in [3.05, 3.63) is 59.5 Å². The van der Waals surface area contributed by atoms with Crippen molar-refractivity contribution in [2.24, 2.45) is 0 Å². The predicted molar refractivity (Wildman–Crippen MR) is 110 cm³/mol. The van der Waals surface area contributed by atoms with Gasteiger partial charge in [0.25, 0.3) is 5.89 Å². The molecule has 1 aliphatic carbocycles. The minimum atomic E-state index is -0.609. The lowest BCUT2D eigenvalue weighted by Crippen LogP contribution is -2.11. The van der Waals surface area contributed by atoms with Crippen molar-refractivity contribution in [2.45, 2.75) is 37.2 Å². The summed E-state index contributed by atoms with van der Waals surface area (Å²) < 4.78 is 16.3. The van der Waals surface area contributed by atoms with Crippen molar-refractivity contribution in [3.8, 4) is 17.2 Å². The number of benzene rings is 2. The highest BCUT2D eigenvalue weighted by atomic mass is 32.2. The molecule has 0 saturated carbocycles. The number of thioether (sulfide) groups is 1. The van der Waals surface area contributed by atoms with Crippen LogP contribution < -0.4 is 4.74 Å². The number of fused-ring (bicyclic) bond motifs is 1. The van der Waals surface area contributed by atoms with E-state index in [4.69, 9.17) is 13.9 Å². The van der Waals surface area contributed by atoms with Gasteiger partial charge in [-0.2, -0.15) is 0 Å². The summed E-state index contributed by atoms with van der Waals surface area (Å²) in [4.78, 5) is 13.3. The van der Waals surface area contributed by atoms with E-state index in [1.54, 1.807) is 14.0 Å².